The van der Waals surface area contributed by atoms with Gasteiger partial charge in [0.25, 0.3) is 0 Å². The van der Waals surface area contributed by atoms with E-state index in [4.69, 9.17) is 9.57 Å². The lowest BCUT2D eigenvalue weighted by atomic mass is 10.1. The second-order valence-electron chi connectivity index (χ2n) is 6.18. The van der Waals surface area contributed by atoms with Gasteiger partial charge in [-0.05, 0) is 19.1 Å². The van der Waals surface area contributed by atoms with E-state index in [0.29, 0.717) is 30.6 Å². The summed E-state index contributed by atoms with van der Waals surface area (Å²) in [6.45, 7) is 3.92. The Morgan fingerprint density at radius 3 is 3.04 bits per heavy atom. The van der Waals surface area contributed by atoms with E-state index in [-0.39, 0.29) is 0 Å². The number of methoxy groups -OCH3 is 1. The first-order valence-corrected chi connectivity index (χ1v) is 9.70. The number of imidazole rings is 1. The third kappa shape index (κ3) is 3.23. The highest BCUT2D eigenvalue weighted by Gasteiger charge is 2.25. The largest absolute Gasteiger partial charge is 0.405 e. The van der Waals surface area contributed by atoms with Crippen LogP contribution in [0.1, 0.15) is 16.8 Å². The van der Waals surface area contributed by atoms with Crippen LogP contribution in [0.4, 0.5) is 0 Å². The highest BCUT2D eigenvalue weighted by molar-refractivity contribution is 7.84. The van der Waals surface area contributed by atoms with Crippen molar-refractivity contribution < 1.29 is 13.8 Å². The number of para-hydroxylation sites is 2. The van der Waals surface area contributed by atoms with Gasteiger partial charge in [-0.15, -0.1) is 5.06 Å². The summed E-state index contributed by atoms with van der Waals surface area (Å²) >= 11 is 0. The first-order chi connectivity index (χ1) is 12.7. The first-order valence-electron chi connectivity index (χ1n) is 8.38. The van der Waals surface area contributed by atoms with Crippen molar-refractivity contribution in [1.82, 2.24) is 20.0 Å². The topological polar surface area (TPSA) is 80.3 Å². The lowest BCUT2D eigenvalue weighted by Crippen LogP contribution is -2.25. The standard InChI is InChI=1S/C18H20N4O3S/c1-12-16(19-9-13-10-22(7-8-24-2)25-17(12)13)11-26(23)18-20-14-5-3-4-6-15(14)21-18/h3-6,9H,7-8,10-11H2,1-2H3,(H,20,21). The maximum atomic E-state index is 12.8. The van der Waals surface area contributed by atoms with Crippen molar-refractivity contribution in [2.75, 3.05) is 20.3 Å². The monoisotopic (exact) mass is 372 g/mol. The maximum absolute atomic E-state index is 12.8. The Labute approximate surface area is 153 Å². The van der Waals surface area contributed by atoms with E-state index in [1.54, 1.807) is 13.3 Å². The summed E-state index contributed by atoms with van der Waals surface area (Å²) in [4.78, 5) is 18.0. The molecule has 3 aromatic rings. The van der Waals surface area contributed by atoms with Gasteiger partial charge < -0.3 is 14.6 Å². The van der Waals surface area contributed by atoms with Crippen LogP contribution >= 0.6 is 0 Å². The van der Waals surface area contributed by atoms with Crippen molar-refractivity contribution in [3.8, 4) is 5.75 Å². The van der Waals surface area contributed by atoms with Crippen molar-refractivity contribution >= 4 is 21.8 Å². The van der Waals surface area contributed by atoms with E-state index in [2.05, 4.69) is 15.0 Å². The van der Waals surface area contributed by atoms with Crippen LogP contribution in [0.15, 0.2) is 35.6 Å². The number of fused-ring (bicyclic) bond motifs is 2. The molecule has 0 saturated heterocycles. The first kappa shape index (κ1) is 17.1. The molecule has 0 bridgehead atoms. The number of aromatic nitrogens is 3. The number of hydrogen-bond acceptors (Lipinski definition) is 6. The molecule has 0 saturated carbocycles. The van der Waals surface area contributed by atoms with Crippen molar-refractivity contribution in [1.29, 1.82) is 0 Å². The number of rotatable bonds is 6. The molecule has 26 heavy (non-hydrogen) atoms. The van der Waals surface area contributed by atoms with E-state index in [1.807, 2.05) is 36.3 Å². The zero-order valence-electron chi connectivity index (χ0n) is 14.7. The third-order valence-corrected chi connectivity index (χ3v) is 5.56. The van der Waals surface area contributed by atoms with Crippen molar-refractivity contribution in [3.63, 3.8) is 0 Å². The molecule has 1 aromatic carbocycles. The lowest BCUT2D eigenvalue weighted by Gasteiger charge is -2.14. The molecule has 0 radical (unpaired) electrons. The number of aromatic amines is 1. The fourth-order valence-electron chi connectivity index (χ4n) is 2.97. The summed E-state index contributed by atoms with van der Waals surface area (Å²) in [6, 6.07) is 7.65. The number of H-pyrrole nitrogens is 1. The second-order valence-corrected chi connectivity index (χ2v) is 7.55. The predicted molar refractivity (Wildman–Crippen MR) is 98.1 cm³/mol. The Hall–Kier alpha value is -2.29. The minimum Gasteiger partial charge on any atom is -0.405 e. The van der Waals surface area contributed by atoms with E-state index in [0.717, 1.165) is 33.6 Å². The number of hydrogen-bond donors (Lipinski definition) is 1. The molecule has 136 valence electrons. The Bertz CT molecular complexity index is 939. The number of hydroxylamine groups is 2. The van der Waals surface area contributed by atoms with E-state index < -0.39 is 10.8 Å². The number of ether oxygens (including phenoxy) is 1. The average Bonchev–Trinajstić information content (AvgIpc) is 3.26. The molecule has 1 unspecified atom stereocenters. The minimum absolute atomic E-state index is 0.292. The lowest BCUT2D eigenvalue weighted by molar-refractivity contribution is -0.0572. The van der Waals surface area contributed by atoms with Gasteiger partial charge in [-0.3, -0.25) is 9.19 Å². The van der Waals surface area contributed by atoms with Crippen molar-refractivity contribution in [2.24, 2.45) is 0 Å². The summed E-state index contributed by atoms with van der Waals surface area (Å²) in [5.74, 6) is 1.10. The summed E-state index contributed by atoms with van der Waals surface area (Å²) < 4.78 is 17.8. The highest BCUT2D eigenvalue weighted by Crippen LogP contribution is 2.33. The summed E-state index contributed by atoms with van der Waals surface area (Å²) in [7, 11) is 0.362. The minimum atomic E-state index is -1.31. The molecule has 8 heteroatoms. The van der Waals surface area contributed by atoms with Gasteiger partial charge in [0.1, 0.15) is 0 Å². The number of pyridine rings is 1. The van der Waals surface area contributed by atoms with Gasteiger partial charge in [-0.2, -0.15) is 0 Å². The zero-order valence-corrected chi connectivity index (χ0v) is 15.5. The van der Waals surface area contributed by atoms with Gasteiger partial charge in [-0.1, -0.05) is 12.1 Å². The van der Waals surface area contributed by atoms with Crippen molar-refractivity contribution in [3.05, 3.63) is 47.3 Å². The normalized spacial score (nSPS) is 15.2. The van der Waals surface area contributed by atoms with Crippen LogP contribution < -0.4 is 4.84 Å². The Morgan fingerprint density at radius 1 is 1.38 bits per heavy atom. The van der Waals surface area contributed by atoms with E-state index in [1.165, 1.54) is 0 Å². The molecule has 3 heterocycles. The molecular weight excluding hydrogens is 352 g/mol. The van der Waals surface area contributed by atoms with Gasteiger partial charge in [0.2, 0.25) is 0 Å². The highest BCUT2D eigenvalue weighted by atomic mass is 32.2. The Balaban J connectivity index is 1.53. The maximum Gasteiger partial charge on any atom is 0.197 e. The summed E-state index contributed by atoms with van der Waals surface area (Å²) in [5, 5.41) is 2.32. The molecule has 1 atom stereocenters. The van der Waals surface area contributed by atoms with Crippen LogP contribution in [0.5, 0.6) is 5.75 Å². The predicted octanol–water partition coefficient (Wildman–Crippen LogP) is 2.33. The average molecular weight is 372 g/mol. The molecule has 1 aliphatic rings. The quantitative estimate of drug-likeness (QED) is 0.715. The molecule has 1 N–H and O–H groups in total. The van der Waals surface area contributed by atoms with Crippen LogP contribution in [0, 0.1) is 6.92 Å². The molecule has 2 aromatic heterocycles. The van der Waals surface area contributed by atoms with Crippen LogP contribution in [0.2, 0.25) is 0 Å². The van der Waals surface area contributed by atoms with Crippen molar-refractivity contribution in [2.45, 2.75) is 24.4 Å². The summed E-state index contributed by atoms with van der Waals surface area (Å²) in [6.07, 6.45) is 1.81. The Morgan fingerprint density at radius 2 is 2.23 bits per heavy atom. The number of nitrogens with zero attached hydrogens (tertiary/aromatic N) is 3. The molecule has 1 aliphatic heterocycles. The molecule has 7 nitrogen and oxygen atoms in total. The van der Waals surface area contributed by atoms with Gasteiger partial charge in [0.15, 0.2) is 10.9 Å². The van der Waals surface area contributed by atoms with Gasteiger partial charge >= 0.3 is 0 Å². The second kappa shape index (κ2) is 7.14. The third-order valence-electron chi connectivity index (χ3n) is 4.40. The number of nitrogens with one attached hydrogen (secondary N) is 1. The molecule has 4 rings (SSSR count). The SMILES string of the molecule is COCCN1Cc2cnc(CS(=O)c3nc4ccccc4[nH]3)c(C)c2O1. The van der Waals surface area contributed by atoms with Gasteiger partial charge in [0.05, 0.1) is 53.0 Å². The number of benzene rings is 1. The summed E-state index contributed by atoms with van der Waals surface area (Å²) in [5.41, 5.74) is 4.41. The van der Waals surface area contributed by atoms with Crippen LogP contribution in [-0.2, 0) is 27.8 Å². The van der Waals surface area contributed by atoms with Gasteiger partial charge in [0, 0.05) is 24.4 Å². The smallest absolute Gasteiger partial charge is 0.197 e. The molecule has 0 amide bonds. The van der Waals surface area contributed by atoms with Crippen LogP contribution in [-0.4, -0.2) is 44.5 Å². The Kier molecular flexibility index (Phi) is 4.71. The molecule has 0 spiro atoms. The molecule has 0 fully saturated rings. The molecule has 0 aliphatic carbocycles. The van der Waals surface area contributed by atoms with Crippen LogP contribution in [0.3, 0.4) is 0 Å². The fraction of sp³-hybridized carbons (Fsp3) is 0.333. The van der Waals surface area contributed by atoms with E-state index in [9.17, 15) is 4.21 Å². The fourth-order valence-corrected chi connectivity index (χ4v) is 4.07. The zero-order chi connectivity index (χ0) is 18.1. The van der Waals surface area contributed by atoms with Crippen LogP contribution in [0.25, 0.3) is 11.0 Å². The van der Waals surface area contributed by atoms with E-state index >= 15 is 0 Å². The van der Waals surface area contributed by atoms with Gasteiger partial charge in [-0.25, -0.2) is 4.98 Å². The molecular formula is C18H20N4O3S.